The van der Waals surface area contributed by atoms with Crippen LogP contribution >= 0.6 is 15.6 Å². The maximum absolute atomic E-state index is 10.5. The van der Waals surface area contributed by atoms with E-state index in [0.29, 0.717) is 0 Å². The molecule has 0 aliphatic carbocycles. The smallest absolute Gasteiger partial charge is 0.412 e. The summed E-state index contributed by atoms with van der Waals surface area (Å²) in [6.45, 7) is -2.05. The molecule has 0 saturated carbocycles. The number of hydrogen-bond acceptors (Lipinski definition) is 8. The van der Waals surface area contributed by atoms with Crippen molar-refractivity contribution in [3.05, 3.63) is 0 Å². The maximum atomic E-state index is 10.5. The molecule has 0 spiro atoms. The second-order valence-corrected chi connectivity index (χ2v) is 6.47. The van der Waals surface area contributed by atoms with E-state index >= 15 is 0 Å². The molecular weight excluding hydrogens is 523 g/mol. The third kappa shape index (κ3) is 25.6. The van der Waals surface area contributed by atoms with Gasteiger partial charge in [0.25, 0.3) is 0 Å². The molecule has 3 radical (unpaired) electrons. The first-order chi connectivity index (χ1) is 8.84. The number of hydrogen-bond donors (Lipinski definition) is 7. The minimum atomic E-state index is -4.96. The molecule has 31 heavy (non-hydrogen) atoms. The maximum Gasteiger partial charge on any atom is 0.469 e. The molecule has 23 N–H and O–H groups in total. The van der Waals surface area contributed by atoms with Crippen LogP contribution in [0.1, 0.15) is 0 Å². The van der Waals surface area contributed by atoms with Crippen LogP contribution in [0.4, 0.5) is 0 Å². The van der Waals surface area contributed by atoms with E-state index in [1.54, 1.807) is 0 Å². The molecule has 20 nitrogen and oxygen atoms in total. The van der Waals surface area contributed by atoms with E-state index in [9.17, 15) is 24.4 Å². The number of ether oxygens (including phenoxy) is 1. The predicted molar refractivity (Wildman–Crippen MR) is 104 cm³/mol. The van der Waals surface area contributed by atoms with Gasteiger partial charge in [-0.3, -0.25) is 9.05 Å². The van der Waals surface area contributed by atoms with Gasteiger partial charge in [0.2, 0.25) is 5.79 Å². The van der Waals surface area contributed by atoms with Crippen LogP contribution in [-0.2, 0) is 22.9 Å². The Morgan fingerprint density at radius 2 is 1.06 bits per heavy atom. The summed E-state index contributed by atoms with van der Waals surface area (Å²) in [4.78, 5) is 33.9. The summed E-state index contributed by atoms with van der Waals surface area (Å²) in [7, 11) is -9.82. The zero-order valence-corrected chi connectivity index (χ0v) is 24.5. The first-order valence-corrected chi connectivity index (χ1v) is 8.07. The summed E-state index contributed by atoms with van der Waals surface area (Å²) in [6, 6.07) is 0. The molecule has 0 bridgehead atoms. The third-order valence-electron chi connectivity index (χ3n) is 2.37. The fourth-order valence-electron chi connectivity index (χ4n) is 1.47. The number of rotatable bonds is 6. The predicted octanol–water partition coefficient (Wildman–Crippen LogP) is -10.7. The van der Waals surface area contributed by atoms with Gasteiger partial charge in [0.15, 0.2) is 0 Å². The average Bonchev–Trinajstić information content (AvgIpc) is 2.48. The molecule has 1 heterocycles. The van der Waals surface area contributed by atoms with Crippen molar-refractivity contribution in [3.63, 3.8) is 0 Å². The summed E-state index contributed by atoms with van der Waals surface area (Å²) < 4.78 is 33.6. The van der Waals surface area contributed by atoms with Crippen LogP contribution in [0.2, 0.25) is 0 Å². The molecule has 4 atom stereocenters. The summed E-state index contributed by atoms with van der Waals surface area (Å²) in [5.74, 6) is -2.66. The van der Waals surface area contributed by atoms with Crippen molar-refractivity contribution in [1.29, 1.82) is 0 Å². The molecule has 0 amide bonds. The van der Waals surface area contributed by atoms with Crippen LogP contribution in [0.15, 0.2) is 0 Å². The van der Waals surface area contributed by atoms with E-state index in [1.807, 2.05) is 0 Å². The van der Waals surface area contributed by atoms with E-state index in [-0.39, 0.29) is 132 Å². The number of phosphoric ester groups is 2. The molecule has 0 aromatic rings. The molecule has 25 heteroatoms. The van der Waals surface area contributed by atoms with E-state index in [1.165, 1.54) is 0 Å². The molecular formula is C6H30Na3O20P2. The van der Waals surface area contributed by atoms with E-state index < -0.39 is 53.0 Å². The van der Waals surface area contributed by atoms with Crippen LogP contribution in [0.25, 0.3) is 0 Å². The Bertz CT molecular complexity index is 447. The fraction of sp³-hybridized carbons (Fsp3) is 1.00. The van der Waals surface area contributed by atoms with E-state index in [2.05, 4.69) is 13.8 Å². The van der Waals surface area contributed by atoms with Crippen molar-refractivity contribution in [2.75, 3.05) is 13.2 Å². The van der Waals surface area contributed by atoms with Crippen molar-refractivity contribution in [3.8, 4) is 0 Å². The monoisotopic (exact) mass is 553 g/mol. The Hall–Kier alpha value is 2.74. The van der Waals surface area contributed by atoms with Gasteiger partial charge in [-0.2, -0.15) is 0 Å². The van der Waals surface area contributed by atoms with Gasteiger partial charge >= 0.3 is 15.6 Å². The van der Waals surface area contributed by atoms with Gasteiger partial charge in [0, 0.05) is 88.7 Å². The second kappa shape index (κ2) is 27.3. The largest absolute Gasteiger partial charge is 0.469 e. The van der Waals surface area contributed by atoms with Gasteiger partial charge in [0.05, 0.1) is 6.61 Å². The molecule has 1 fully saturated rings. The van der Waals surface area contributed by atoms with Crippen LogP contribution in [-0.4, -0.2) is 205 Å². The Balaban J connectivity index is -0.0000000404. The van der Waals surface area contributed by atoms with E-state index in [4.69, 9.17) is 19.6 Å². The van der Waals surface area contributed by atoms with Crippen LogP contribution in [0, 0.1) is 0 Å². The molecule has 1 saturated heterocycles. The molecule has 0 aromatic carbocycles. The first kappa shape index (κ1) is 69.9. The zero-order valence-electron chi connectivity index (χ0n) is 16.7. The molecule has 0 aromatic heterocycles. The number of phosphoric acid groups is 2. The normalized spacial score (nSPS) is 22.9. The Morgan fingerprint density at radius 3 is 1.35 bits per heavy atom. The van der Waals surface area contributed by atoms with Gasteiger partial charge < -0.3 is 83.4 Å². The minimum absolute atomic E-state index is 0. The number of aliphatic hydroxyl groups excluding tert-OH is 2. The molecule has 1 aliphatic heterocycles. The molecule has 1 rings (SSSR count). The summed E-state index contributed by atoms with van der Waals surface area (Å²) in [5, 5.41) is 28.8. The van der Waals surface area contributed by atoms with Crippen molar-refractivity contribution in [1.82, 2.24) is 0 Å². The first-order valence-electron chi connectivity index (χ1n) is 5.00. The van der Waals surface area contributed by atoms with Gasteiger partial charge in [0.1, 0.15) is 24.9 Å². The van der Waals surface area contributed by atoms with Crippen molar-refractivity contribution < 1.29 is 102 Å². The minimum Gasteiger partial charge on any atom is -0.412 e. The van der Waals surface area contributed by atoms with Crippen molar-refractivity contribution in [2.45, 2.75) is 24.1 Å². The summed E-state index contributed by atoms with van der Waals surface area (Å²) in [5.41, 5.74) is 0. The van der Waals surface area contributed by atoms with Gasteiger partial charge in [-0.15, -0.1) is 0 Å². The summed E-state index contributed by atoms with van der Waals surface area (Å²) >= 11 is 0. The van der Waals surface area contributed by atoms with Gasteiger partial charge in [-0.1, -0.05) is 0 Å². The SMILES string of the molecule is O.O.O.O.O.O.O.O.O=P(O)(O)OCC1OC(O)(COP(=O)(O)O)C(O)C1O.[Na].[Na].[Na]. The topological polar surface area (TPSA) is 455 Å². The van der Waals surface area contributed by atoms with Crippen LogP contribution in [0.3, 0.4) is 0 Å². The average molecular weight is 553 g/mol. The van der Waals surface area contributed by atoms with Crippen LogP contribution in [0.5, 0.6) is 0 Å². The van der Waals surface area contributed by atoms with Crippen molar-refractivity contribution in [2.24, 2.45) is 0 Å². The third-order valence-corrected chi connectivity index (χ3v) is 3.32. The Kier molecular flexibility index (Phi) is 61.7. The molecule has 1 aliphatic rings. The summed E-state index contributed by atoms with van der Waals surface area (Å²) in [6.07, 6.45) is -5.38. The standard InChI is InChI=1S/C6H14O12P2.3Na.8H2O/c7-4-3(1-16-19(10,11)12)18-6(9,5(4)8)2-17-20(13,14)15;;;;;;;;;;;/h3-5,7-9H,1-2H2,(H2,10,11,12)(H2,13,14,15);;;;8*1H2. The van der Waals surface area contributed by atoms with Gasteiger partial charge in [-0.25, -0.2) is 9.13 Å². The Labute approximate surface area is 241 Å². The number of aliphatic hydroxyl groups is 3. The fourth-order valence-corrected chi connectivity index (χ4v) is 2.17. The molecule has 4 unspecified atom stereocenters. The van der Waals surface area contributed by atoms with E-state index in [0.717, 1.165) is 0 Å². The van der Waals surface area contributed by atoms with Gasteiger partial charge in [-0.05, 0) is 0 Å². The van der Waals surface area contributed by atoms with Crippen LogP contribution < -0.4 is 0 Å². The Morgan fingerprint density at radius 1 is 0.742 bits per heavy atom. The zero-order chi connectivity index (χ0) is 15.8. The quantitative estimate of drug-likeness (QED) is 0.119. The van der Waals surface area contributed by atoms with Crippen molar-refractivity contribution >= 4 is 104 Å². The molecule has 187 valence electrons. The second-order valence-electron chi connectivity index (χ2n) is 3.99.